The van der Waals surface area contributed by atoms with Gasteiger partial charge in [0.2, 0.25) is 5.89 Å². The molecule has 3 heterocycles. The number of benzene rings is 1. The van der Waals surface area contributed by atoms with Crippen LogP contribution in [0.3, 0.4) is 0 Å². The van der Waals surface area contributed by atoms with E-state index >= 15 is 0 Å². The molecule has 1 fully saturated rings. The number of rotatable bonds is 8. The van der Waals surface area contributed by atoms with Crippen molar-refractivity contribution in [2.75, 3.05) is 26.7 Å². The van der Waals surface area contributed by atoms with Crippen molar-refractivity contribution in [3.8, 4) is 11.6 Å². The van der Waals surface area contributed by atoms with Crippen molar-refractivity contribution in [2.24, 2.45) is 11.8 Å². The average molecular weight is 476 g/mol. The van der Waals surface area contributed by atoms with Crippen molar-refractivity contribution in [1.82, 2.24) is 25.0 Å². The standard InChI is InChI=1S/C28H37N5O2/c1-6-20(4)25-17-33(13-12-32(25)5)28(34)24-16-22(15-21-10-8-7-9-11-21)26(31-30-24)27-29-23(18-35-27)14-19(2)3/h7-11,16,18-20,25H,6,12-15,17H2,1-5H3. The second kappa shape index (κ2) is 11.1. The first kappa shape index (κ1) is 25.0. The Morgan fingerprint density at radius 1 is 1.14 bits per heavy atom. The number of amides is 1. The fourth-order valence-corrected chi connectivity index (χ4v) is 4.73. The van der Waals surface area contributed by atoms with Crippen LogP contribution in [0.4, 0.5) is 0 Å². The zero-order chi connectivity index (χ0) is 24.9. The van der Waals surface area contributed by atoms with Gasteiger partial charge in [-0.3, -0.25) is 9.69 Å². The highest BCUT2D eigenvalue weighted by Gasteiger charge is 2.31. The van der Waals surface area contributed by atoms with E-state index in [1.807, 2.05) is 29.2 Å². The summed E-state index contributed by atoms with van der Waals surface area (Å²) < 4.78 is 5.80. The highest BCUT2D eigenvalue weighted by molar-refractivity contribution is 5.92. The van der Waals surface area contributed by atoms with Gasteiger partial charge in [-0.25, -0.2) is 4.98 Å². The lowest BCUT2D eigenvalue weighted by molar-refractivity contribution is 0.0436. The summed E-state index contributed by atoms with van der Waals surface area (Å²) in [7, 11) is 2.15. The van der Waals surface area contributed by atoms with Crippen molar-refractivity contribution < 1.29 is 9.21 Å². The molecule has 3 aromatic rings. The molecule has 0 radical (unpaired) electrons. The van der Waals surface area contributed by atoms with Crippen LogP contribution in [0.5, 0.6) is 0 Å². The van der Waals surface area contributed by atoms with Gasteiger partial charge in [-0.2, -0.15) is 0 Å². The molecule has 1 saturated heterocycles. The number of piperazine rings is 1. The second-order valence-corrected chi connectivity index (χ2v) is 10.2. The normalized spacial score (nSPS) is 17.7. The molecule has 2 aromatic heterocycles. The number of hydrogen-bond donors (Lipinski definition) is 0. The minimum Gasteiger partial charge on any atom is -0.443 e. The largest absolute Gasteiger partial charge is 0.443 e. The maximum atomic E-state index is 13.5. The van der Waals surface area contributed by atoms with Gasteiger partial charge < -0.3 is 9.32 Å². The number of carbonyl (C=O) groups is 1. The highest BCUT2D eigenvalue weighted by atomic mass is 16.3. The molecule has 35 heavy (non-hydrogen) atoms. The van der Waals surface area contributed by atoms with Crippen LogP contribution in [0.15, 0.2) is 47.1 Å². The van der Waals surface area contributed by atoms with Crippen LogP contribution in [0.1, 0.15) is 61.4 Å². The molecular weight excluding hydrogens is 438 g/mol. The van der Waals surface area contributed by atoms with Crippen LogP contribution in [0.25, 0.3) is 11.6 Å². The molecule has 0 aliphatic carbocycles. The Kier molecular flexibility index (Phi) is 7.96. The molecule has 0 saturated carbocycles. The molecule has 0 bridgehead atoms. The van der Waals surface area contributed by atoms with Gasteiger partial charge in [-0.15, -0.1) is 10.2 Å². The monoisotopic (exact) mass is 475 g/mol. The van der Waals surface area contributed by atoms with Crippen LogP contribution in [0.2, 0.25) is 0 Å². The molecule has 1 aliphatic heterocycles. The number of oxazole rings is 1. The second-order valence-electron chi connectivity index (χ2n) is 10.2. The number of hydrogen-bond acceptors (Lipinski definition) is 6. The van der Waals surface area contributed by atoms with E-state index in [4.69, 9.17) is 4.42 Å². The van der Waals surface area contributed by atoms with Crippen LogP contribution in [0, 0.1) is 11.8 Å². The van der Waals surface area contributed by atoms with Gasteiger partial charge >= 0.3 is 0 Å². The summed E-state index contributed by atoms with van der Waals surface area (Å²) in [6, 6.07) is 12.4. The molecule has 4 rings (SSSR count). The van der Waals surface area contributed by atoms with Crippen LogP contribution in [-0.4, -0.2) is 63.6 Å². The summed E-state index contributed by atoms with van der Waals surface area (Å²) in [4.78, 5) is 22.5. The van der Waals surface area contributed by atoms with E-state index in [9.17, 15) is 4.79 Å². The topological polar surface area (TPSA) is 75.4 Å². The Morgan fingerprint density at radius 2 is 1.91 bits per heavy atom. The fourth-order valence-electron chi connectivity index (χ4n) is 4.73. The first-order valence-electron chi connectivity index (χ1n) is 12.7. The number of nitrogens with zero attached hydrogens (tertiary/aromatic N) is 5. The van der Waals surface area contributed by atoms with Gasteiger partial charge in [-0.1, -0.05) is 64.4 Å². The molecule has 1 aliphatic rings. The molecule has 1 aromatic carbocycles. The van der Waals surface area contributed by atoms with Crippen molar-refractivity contribution in [2.45, 2.75) is 53.0 Å². The fraction of sp³-hybridized carbons (Fsp3) is 0.500. The Bertz CT molecular complexity index is 1120. The smallest absolute Gasteiger partial charge is 0.274 e. The minimum absolute atomic E-state index is 0.0623. The predicted octanol–water partition coefficient (Wildman–Crippen LogP) is 4.72. The van der Waals surface area contributed by atoms with Gasteiger partial charge in [0.15, 0.2) is 11.4 Å². The quantitative estimate of drug-likeness (QED) is 0.469. The van der Waals surface area contributed by atoms with Crippen LogP contribution >= 0.6 is 0 Å². The zero-order valence-electron chi connectivity index (χ0n) is 21.6. The Hall–Kier alpha value is -3.06. The maximum Gasteiger partial charge on any atom is 0.274 e. The highest BCUT2D eigenvalue weighted by Crippen LogP contribution is 2.25. The number of carbonyl (C=O) groups excluding carboxylic acids is 1. The molecule has 7 heteroatoms. The molecule has 0 N–H and O–H groups in total. The summed E-state index contributed by atoms with van der Waals surface area (Å²) >= 11 is 0. The maximum absolute atomic E-state index is 13.5. The number of likely N-dealkylation sites (N-methyl/N-ethyl adjacent to an activating group) is 1. The molecule has 186 valence electrons. The van der Waals surface area contributed by atoms with E-state index in [0.717, 1.165) is 36.2 Å². The third-order valence-electron chi connectivity index (χ3n) is 6.99. The average Bonchev–Trinajstić information content (AvgIpc) is 3.31. The van der Waals surface area contributed by atoms with E-state index in [2.05, 4.69) is 67.0 Å². The number of aromatic nitrogens is 3. The zero-order valence-corrected chi connectivity index (χ0v) is 21.6. The molecule has 2 atom stereocenters. The first-order valence-corrected chi connectivity index (χ1v) is 12.7. The Balaban J connectivity index is 1.64. The summed E-state index contributed by atoms with van der Waals surface area (Å²) in [6.07, 6.45) is 4.23. The van der Waals surface area contributed by atoms with Gasteiger partial charge in [0.05, 0.1) is 5.69 Å². The lowest BCUT2D eigenvalue weighted by Gasteiger charge is -2.42. The van der Waals surface area contributed by atoms with E-state index in [-0.39, 0.29) is 5.91 Å². The SMILES string of the molecule is CCC(C)C1CN(C(=O)c2cc(Cc3ccccc3)c(-c3nc(CC(C)C)co3)nn2)CCN1C. The molecular formula is C28H37N5O2. The van der Waals surface area contributed by atoms with Gasteiger partial charge in [0.1, 0.15) is 6.26 Å². The van der Waals surface area contributed by atoms with Crippen LogP contribution < -0.4 is 0 Å². The molecule has 2 unspecified atom stereocenters. The minimum atomic E-state index is -0.0623. The van der Waals surface area contributed by atoms with E-state index < -0.39 is 0 Å². The van der Waals surface area contributed by atoms with Gasteiger partial charge in [-0.05, 0) is 48.9 Å². The van der Waals surface area contributed by atoms with Crippen molar-refractivity contribution in [3.63, 3.8) is 0 Å². The van der Waals surface area contributed by atoms with E-state index in [0.29, 0.717) is 54.7 Å². The first-order chi connectivity index (χ1) is 16.9. The summed E-state index contributed by atoms with van der Waals surface area (Å²) in [5.74, 6) is 1.38. The third kappa shape index (κ3) is 5.96. The lowest BCUT2D eigenvalue weighted by atomic mass is 9.95. The third-order valence-corrected chi connectivity index (χ3v) is 6.99. The lowest BCUT2D eigenvalue weighted by Crippen LogP contribution is -2.55. The molecule has 0 spiro atoms. The molecule has 7 nitrogen and oxygen atoms in total. The Morgan fingerprint density at radius 3 is 2.63 bits per heavy atom. The van der Waals surface area contributed by atoms with E-state index in [1.54, 1.807) is 6.26 Å². The van der Waals surface area contributed by atoms with Crippen molar-refractivity contribution >= 4 is 5.91 Å². The van der Waals surface area contributed by atoms with Gasteiger partial charge in [0, 0.05) is 25.7 Å². The van der Waals surface area contributed by atoms with E-state index in [1.165, 1.54) is 0 Å². The van der Waals surface area contributed by atoms with Crippen LogP contribution in [-0.2, 0) is 12.8 Å². The summed E-state index contributed by atoms with van der Waals surface area (Å²) in [6.45, 7) is 11.0. The van der Waals surface area contributed by atoms with Crippen molar-refractivity contribution in [1.29, 1.82) is 0 Å². The summed E-state index contributed by atoms with van der Waals surface area (Å²) in [5.41, 5.74) is 3.89. The van der Waals surface area contributed by atoms with Gasteiger partial charge in [0.25, 0.3) is 5.91 Å². The molecule has 1 amide bonds. The summed E-state index contributed by atoms with van der Waals surface area (Å²) in [5, 5.41) is 8.83. The predicted molar refractivity (Wildman–Crippen MR) is 137 cm³/mol. The van der Waals surface area contributed by atoms with Crippen molar-refractivity contribution in [3.05, 3.63) is 65.2 Å². The Labute approximate surface area is 208 Å².